The van der Waals surface area contributed by atoms with Crippen molar-refractivity contribution < 1.29 is 9.53 Å². The van der Waals surface area contributed by atoms with E-state index in [4.69, 9.17) is 4.74 Å². The normalized spacial score (nSPS) is 15.8. The van der Waals surface area contributed by atoms with Crippen LogP contribution in [-0.2, 0) is 25.9 Å². The van der Waals surface area contributed by atoms with E-state index in [0.29, 0.717) is 12.1 Å². The molecule has 0 atom stereocenters. The lowest BCUT2D eigenvalue weighted by molar-refractivity contribution is 0.0949. The number of rotatable bonds is 3. The van der Waals surface area contributed by atoms with E-state index in [-0.39, 0.29) is 5.91 Å². The summed E-state index contributed by atoms with van der Waals surface area (Å²) >= 11 is 0. The lowest BCUT2D eigenvalue weighted by Gasteiger charge is -2.17. The van der Waals surface area contributed by atoms with Crippen LogP contribution in [0.3, 0.4) is 0 Å². The first kappa shape index (κ1) is 13.3. The number of ether oxygens (including phenoxy) is 1. The Morgan fingerprint density at radius 3 is 3.18 bits per heavy atom. The zero-order valence-corrected chi connectivity index (χ0v) is 12.3. The Hall–Kier alpha value is -2.37. The van der Waals surface area contributed by atoms with Crippen LogP contribution in [0.1, 0.15) is 40.4 Å². The van der Waals surface area contributed by atoms with Crippen LogP contribution in [-0.4, -0.2) is 27.3 Å². The maximum absolute atomic E-state index is 12.3. The van der Waals surface area contributed by atoms with E-state index in [2.05, 4.69) is 20.1 Å². The lowest BCUT2D eigenvalue weighted by atomic mass is 10.0. The predicted molar refractivity (Wildman–Crippen MR) is 79.8 cm³/mol. The molecule has 1 N–H and O–H groups in total. The smallest absolute Gasteiger partial charge is 0.251 e. The summed E-state index contributed by atoms with van der Waals surface area (Å²) in [7, 11) is 0. The molecule has 1 aromatic carbocycles. The van der Waals surface area contributed by atoms with Crippen LogP contribution < -0.4 is 10.1 Å². The number of fused-ring (bicyclic) bond motifs is 2. The molecule has 114 valence electrons. The first-order chi connectivity index (χ1) is 10.8. The molecule has 1 amide bonds. The number of aromatic nitrogens is 3. The van der Waals surface area contributed by atoms with E-state index >= 15 is 0 Å². The fourth-order valence-electron chi connectivity index (χ4n) is 3.10. The van der Waals surface area contributed by atoms with Crippen LogP contribution in [0.15, 0.2) is 18.2 Å². The molecule has 1 aromatic heterocycles. The van der Waals surface area contributed by atoms with E-state index in [1.807, 2.05) is 18.2 Å². The van der Waals surface area contributed by atoms with Crippen molar-refractivity contribution in [2.45, 2.75) is 38.8 Å². The molecule has 0 fully saturated rings. The van der Waals surface area contributed by atoms with Crippen molar-refractivity contribution >= 4 is 5.91 Å². The van der Waals surface area contributed by atoms with Crippen molar-refractivity contribution in [1.29, 1.82) is 0 Å². The molecule has 0 unspecified atom stereocenters. The topological polar surface area (TPSA) is 69.0 Å². The molecule has 6 nitrogen and oxygen atoms in total. The minimum atomic E-state index is -0.0799. The van der Waals surface area contributed by atoms with Gasteiger partial charge in [0, 0.05) is 18.5 Å². The number of hydrogen-bond acceptors (Lipinski definition) is 4. The summed E-state index contributed by atoms with van der Waals surface area (Å²) in [6, 6.07) is 5.63. The van der Waals surface area contributed by atoms with E-state index < -0.39 is 0 Å². The first-order valence-corrected chi connectivity index (χ1v) is 7.76. The van der Waals surface area contributed by atoms with Gasteiger partial charge in [-0.2, -0.15) is 0 Å². The number of carbonyl (C=O) groups is 1. The Bertz CT molecular complexity index is 723. The Kier molecular flexibility index (Phi) is 3.29. The van der Waals surface area contributed by atoms with Gasteiger partial charge in [-0.15, -0.1) is 10.2 Å². The van der Waals surface area contributed by atoms with Gasteiger partial charge in [0.05, 0.1) is 13.2 Å². The van der Waals surface area contributed by atoms with Crippen LogP contribution in [0.5, 0.6) is 5.75 Å². The lowest BCUT2D eigenvalue weighted by Crippen LogP contribution is -2.25. The third-order valence-electron chi connectivity index (χ3n) is 4.26. The predicted octanol–water partition coefficient (Wildman–Crippen LogP) is 1.48. The number of nitrogens with one attached hydrogen (secondary N) is 1. The van der Waals surface area contributed by atoms with Gasteiger partial charge in [0.2, 0.25) is 0 Å². The number of amides is 1. The molecule has 22 heavy (non-hydrogen) atoms. The van der Waals surface area contributed by atoms with Gasteiger partial charge in [0.1, 0.15) is 11.6 Å². The van der Waals surface area contributed by atoms with E-state index in [1.54, 1.807) is 0 Å². The summed E-state index contributed by atoms with van der Waals surface area (Å²) in [6.07, 6.45) is 4.06. The second-order valence-electron chi connectivity index (χ2n) is 5.74. The largest absolute Gasteiger partial charge is 0.493 e. The van der Waals surface area contributed by atoms with Gasteiger partial charge in [-0.3, -0.25) is 4.79 Å². The zero-order chi connectivity index (χ0) is 14.9. The van der Waals surface area contributed by atoms with Crippen molar-refractivity contribution in [2.24, 2.45) is 0 Å². The summed E-state index contributed by atoms with van der Waals surface area (Å²) in [5.74, 6) is 2.68. The Balaban J connectivity index is 1.45. The number of aryl methyl sites for hydroxylation is 2. The van der Waals surface area contributed by atoms with Crippen molar-refractivity contribution in [1.82, 2.24) is 20.1 Å². The molecule has 0 radical (unpaired) electrons. The highest BCUT2D eigenvalue weighted by Crippen LogP contribution is 2.25. The van der Waals surface area contributed by atoms with Crippen LogP contribution >= 0.6 is 0 Å². The Labute approximate surface area is 128 Å². The van der Waals surface area contributed by atoms with Crippen LogP contribution in [0.4, 0.5) is 0 Å². The van der Waals surface area contributed by atoms with Gasteiger partial charge in [-0.25, -0.2) is 0 Å². The summed E-state index contributed by atoms with van der Waals surface area (Å²) in [4.78, 5) is 12.3. The minimum absolute atomic E-state index is 0.0799. The third kappa shape index (κ3) is 2.34. The van der Waals surface area contributed by atoms with Crippen LogP contribution in [0, 0.1) is 0 Å². The second kappa shape index (κ2) is 5.44. The average molecular weight is 298 g/mol. The van der Waals surface area contributed by atoms with Gasteiger partial charge in [0.25, 0.3) is 5.91 Å². The molecule has 2 aliphatic heterocycles. The van der Waals surface area contributed by atoms with Crippen LogP contribution in [0.2, 0.25) is 0 Å². The van der Waals surface area contributed by atoms with E-state index in [9.17, 15) is 4.79 Å². The summed E-state index contributed by atoms with van der Waals surface area (Å²) < 4.78 is 7.67. The molecule has 0 bridgehead atoms. The van der Waals surface area contributed by atoms with Crippen LogP contribution in [0.25, 0.3) is 0 Å². The SMILES string of the molecule is O=C(NCc1nnc2n1CCC2)c1ccc2c(c1)CCCO2. The highest BCUT2D eigenvalue weighted by molar-refractivity contribution is 5.94. The molecule has 3 heterocycles. The van der Waals surface area contributed by atoms with Gasteiger partial charge in [-0.05, 0) is 43.0 Å². The molecule has 0 saturated heterocycles. The van der Waals surface area contributed by atoms with Gasteiger partial charge in [0.15, 0.2) is 5.82 Å². The van der Waals surface area contributed by atoms with Gasteiger partial charge >= 0.3 is 0 Å². The molecule has 2 aromatic rings. The Morgan fingerprint density at radius 1 is 1.27 bits per heavy atom. The summed E-state index contributed by atoms with van der Waals surface area (Å²) in [5.41, 5.74) is 1.78. The fraction of sp³-hybridized carbons (Fsp3) is 0.438. The van der Waals surface area contributed by atoms with Crippen molar-refractivity contribution in [2.75, 3.05) is 6.61 Å². The fourth-order valence-corrected chi connectivity index (χ4v) is 3.10. The summed E-state index contributed by atoms with van der Waals surface area (Å²) in [5, 5.41) is 11.2. The quantitative estimate of drug-likeness (QED) is 0.932. The van der Waals surface area contributed by atoms with Crippen molar-refractivity contribution in [3.63, 3.8) is 0 Å². The monoisotopic (exact) mass is 298 g/mol. The standard InChI is InChI=1S/C16H18N4O2/c21-16(12-5-6-13-11(9-12)3-2-8-22-13)17-10-15-19-18-14-4-1-7-20(14)15/h5-6,9H,1-4,7-8,10H2,(H,17,21). The Morgan fingerprint density at radius 2 is 2.23 bits per heavy atom. The highest BCUT2D eigenvalue weighted by Gasteiger charge is 2.18. The minimum Gasteiger partial charge on any atom is -0.493 e. The zero-order valence-electron chi connectivity index (χ0n) is 12.3. The second-order valence-corrected chi connectivity index (χ2v) is 5.74. The highest BCUT2D eigenvalue weighted by atomic mass is 16.5. The van der Waals surface area contributed by atoms with E-state index in [1.165, 1.54) is 0 Å². The molecular formula is C16H18N4O2. The first-order valence-electron chi connectivity index (χ1n) is 7.76. The van der Waals surface area contributed by atoms with Crippen molar-refractivity contribution in [3.8, 4) is 5.75 Å². The average Bonchev–Trinajstić information content (AvgIpc) is 3.16. The number of hydrogen-bond donors (Lipinski definition) is 1. The molecular weight excluding hydrogens is 280 g/mol. The van der Waals surface area contributed by atoms with Gasteiger partial charge in [-0.1, -0.05) is 0 Å². The third-order valence-corrected chi connectivity index (χ3v) is 4.26. The van der Waals surface area contributed by atoms with Crippen molar-refractivity contribution in [3.05, 3.63) is 41.0 Å². The molecule has 6 heteroatoms. The number of carbonyl (C=O) groups excluding carboxylic acids is 1. The maximum atomic E-state index is 12.3. The maximum Gasteiger partial charge on any atom is 0.251 e. The number of nitrogens with zero attached hydrogens (tertiary/aromatic N) is 3. The van der Waals surface area contributed by atoms with E-state index in [0.717, 1.165) is 61.8 Å². The molecule has 2 aliphatic rings. The van der Waals surface area contributed by atoms with Gasteiger partial charge < -0.3 is 14.6 Å². The molecule has 0 aliphatic carbocycles. The summed E-state index contributed by atoms with van der Waals surface area (Å²) in [6.45, 7) is 2.12. The number of benzene rings is 1. The molecule has 0 saturated carbocycles. The molecule has 0 spiro atoms. The molecule has 4 rings (SSSR count).